The molecule has 3 aliphatic rings. The Hall–Kier alpha value is -3.80. The molecule has 3 aliphatic carbocycles. The maximum Gasteiger partial charge on any atom is 0.255 e. The van der Waals surface area contributed by atoms with Crippen molar-refractivity contribution in [2.24, 2.45) is 16.7 Å². The molecule has 3 fully saturated rings. The Labute approximate surface area is 207 Å². The second-order valence-electron chi connectivity index (χ2n) is 10.8. The quantitative estimate of drug-likeness (QED) is 0.327. The standard InChI is InChI=1S/C30H25FN2O3/c1-16-22(18-4-3-5-19(10-18)24(34)14-29-12-20-13-30(20,29)15-29)11-23-25(27(35)32-2)26(36-28(23)33-16)17-6-8-21(31)9-7-17/h3-11,20H,12-15H2,1-2H3,(H,32,35). The third-order valence-corrected chi connectivity index (χ3v) is 8.88. The molecule has 36 heavy (non-hydrogen) atoms. The smallest absolute Gasteiger partial charge is 0.255 e. The molecule has 2 aromatic heterocycles. The first-order chi connectivity index (χ1) is 17.3. The van der Waals surface area contributed by atoms with Crippen LogP contribution in [0.3, 0.4) is 0 Å². The van der Waals surface area contributed by atoms with Crippen LogP contribution in [0.1, 0.15) is 52.1 Å². The van der Waals surface area contributed by atoms with Gasteiger partial charge in [0.25, 0.3) is 5.91 Å². The second kappa shape index (κ2) is 7.12. The molecule has 3 saturated carbocycles. The van der Waals surface area contributed by atoms with Crippen molar-refractivity contribution in [1.82, 2.24) is 10.3 Å². The summed E-state index contributed by atoms with van der Waals surface area (Å²) >= 11 is 0. The largest absolute Gasteiger partial charge is 0.437 e. The Morgan fingerprint density at radius 1 is 1.11 bits per heavy atom. The van der Waals surface area contributed by atoms with Crippen molar-refractivity contribution in [1.29, 1.82) is 0 Å². The van der Waals surface area contributed by atoms with E-state index in [0.29, 0.717) is 39.8 Å². The van der Waals surface area contributed by atoms with Gasteiger partial charge in [-0.2, -0.15) is 0 Å². The van der Waals surface area contributed by atoms with Crippen LogP contribution in [-0.4, -0.2) is 23.7 Å². The lowest BCUT2D eigenvalue weighted by atomic mass is 9.80. The van der Waals surface area contributed by atoms with Gasteiger partial charge in [-0.1, -0.05) is 18.2 Å². The molecule has 0 saturated heterocycles. The van der Waals surface area contributed by atoms with Gasteiger partial charge in [-0.3, -0.25) is 9.59 Å². The highest BCUT2D eigenvalue weighted by molar-refractivity contribution is 6.11. The Kier molecular flexibility index (Phi) is 4.25. The summed E-state index contributed by atoms with van der Waals surface area (Å²) < 4.78 is 19.5. The number of hydrogen-bond donors (Lipinski definition) is 1. The van der Waals surface area contributed by atoms with Crippen LogP contribution in [0.5, 0.6) is 0 Å². The SMILES string of the molecule is CNC(=O)c1c(-c2ccc(F)cc2)oc2nc(C)c(-c3cccc(C(=O)CC45CC6CC64C5)c3)cc12. The van der Waals surface area contributed by atoms with Crippen LogP contribution in [0.2, 0.25) is 0 Å². The molecule has 1 N–H and O–H groups in total. The van der Waals surface area contributed by atoms with E-state index < -0.39 is 0 Å². The molecule has 3 unspecified atom stereocenters. The number of benzene rings is 2. The number of carbonyl (C=O) groups is 2. The molecule has 2 heterocycles. The predicted octanol–water partition coefficient (Wildman–Crippen LogP) is 6.34. The van der Waals surface area contributed by atoms with Gasteiger partial charge in [0.05, 0.1) is 10.9 Å². The van der Waals surface area contributed by atoms with E-state index >= 15 is 0 Å². The summed E-state index contributed by atoms with van der Waals surface area (Å²) in [6.45, 7) is 1.89. The summed E-state index contributed by atoms with van der Waals surface area (Å²) in [4.78, 5) is 30.8. The fourth-order valence-electron chi connectivity index (χ4n) is 6.83. The topological polar surface area (TPSA) is 72.2 Å². The molecule has 1 amide bonds. The number of aryl methyl sites for hydroxylation is 1. The first kappa shape index (κ1) is 21.5. The maximum absolute atomic E-state index is 13.5. The van der Waals surface area contributed by atoms with Crippen LogP contribution in [-0.2, 0) is 0 Å². The van der Waals surface area contributed by atoms with Crippen LogP contribution in [0.4, 0.5) is 4.39 Å². The first-order valence-electron chi connectivity index (χ1n) is 12.4. The van der Waals surface area contributed by atoms with Crippen LogP contribution in [0.25, 0.3) is 33.6 Å². The summed E-state index contributed by atoms with van der Waals surface area (Å²) in [5.41, 5.74) is 5.26. The zero-order valence-corrected chi connectivity index (χ0v) is 20.2. The minimum Gasteiger partial charge on any atom is -0.437 e. The van der Waals surface area contributed by atoms with Gasteiger partial charge in [0.15, 0.2) is 5.78 Å². The molecular formula is C30H25FN2O3. The fraction of sp³-hybridized carbons (Fsp3) is 0.300. The highest BCUT2D eigenvalue weighted by Gasteiger charge is 2.88. The van der Waals surface area contributed by atoms with Crippen LogP contribution >= 0.6 is 0 Å². The number of nitrogens with one attached hydrogen (secondary N) is 1. The van der Waals surface area contributed by atoms with Gasteiger partial charge in [-0.25, -0.2) is 9.37 Å². The number of aromatic nitrogens is 1. The minimum atomic E-state index is -0.368. The van der Waals surface area contributed by atoms with Crippen LogP contribution in [0, 0.1) is 29.5 Å². The second-order valence-corrected chi connectivity index (χ2v) is 10.8. The van der Waals surface area contributed by atoms with Crippen molar-refractivity contribution in [3.8, 4) is 22.5 Å². The van der Waals surface area contributed by atoms with Crippen molar-refractivity contribution >= 4 is 22.8 Å². The zero-order valence-electron chi connectivity index (χ0n) is 20.2. The maximum atomic E-state index is 13.5. The Morgan fingerprint density at radius 3 is 2.58 bits per heavy atom. The monoisotopic (exact) mass is 480 g/mol. The number of fused-ring (bicyclic) bond motifs is 1. The van der Waals surface area contributed by atoms with E-state index in [1.807, 2.05) is 37.3 Å². The van der Waals surface area contributed by atoms with Crippen molar-refractivity contribution in [2.75, 3.05) is 7.05 Å². The normalized spacial score (nSPS) is 25.0. The van der Waals surface area contributed by atoms with E-state index in [-0.39, 0.29) is 22.9 Å². The van der Waals surface area contributed by atoms with Gasteiger partial charge in [0.2, 0.25) is 5.71 Å². The summed E-state index contributed by atoms with van der Waals surface area (Å²) in [6, 6.07) is 15.4. The van der Waals surface area contributed by atoms with Gasteiger partial charge >= 0.3 is 0 Å². The van der Waals surface area contributed by atoms with Gasteiger partial charge in [0, 0.05) is 35.9 Å². The molecule has 6 heteroatoms. The molecular weight excluding hydrogens is 455 g/mol. The molecule has 1 spiro atoms. The number of rotatable bonds is 6. The number of Topliss-reactive ketones (excluding diaryl/α,β-unsaturated/α-hetero) is 1. The van der Waals surface area contributed by atoms with Crippen molar-refractivity contribution in [3.63, 3.8) is 0 Å². The number of pyridine rings is 1. The van der Waals surface area contributed by atoms with E-state index in [1.54, 1.807) is 19.2 Å². The van der Waals surface area contributed by atoms with Crippen LogP contribution < -0.4 is 5.32 Å². The average molecular weight is 481 g/mol. The zero-order chi connectivity index (χ0) is 24.8. The number of ketones is 1. The number of hydrogen-bond acceptors (Lipinski definition) is 4. The Morgan fingerprint density at radius 2 is 1.92 bits per heavy atom. The minimum absolute atomic E-state index is 0.207. The molecule has 0 radical (unpaired) electrons. The molecule has 0 bridgehead atoms. The van der Waals surface area contributed by atoms with Gasteiger partial charge in [-0.15, -0.1) is 0 Å². The molecule has 0 aliphatic heterocycles. The third kappa shape index (κ3) is 2.90. The highest BCUT2D eigenvalue weighted by atomic mass is 19.1. The van der Waals surface area contributed by atoms with Crippen molar-refractivity contribution in [3.05, 3.63) is 77.2 Å². The highest BCUT2D eigenvalue weighted by Crippen LogP contribution is 2.95. The Balaban J connectivity index is 1.29. The molecule has 2 aromatic carbocycles. The third-order valence-electron chi connectivity index (χ3n) is 8.88. The van der Waals surface area contributed by atoms with Crippen molar-refractivity contribution < 1.29 is 18.4 Å². The summed E-state index contributed by atoms with van der Waals surface area (Å²) in [5.74, 6) is 0.756. The number of carbonyl (C=O) groups excluding carboxylic acids is 2. The molecule has 3 atom stereocenters. The Bertz CT molecular complexity index is 1600. The fourth-order valence-corrected chi connectivity index (χ4v) is 6.83. The molecule has 5 nitrogen and oxygen atoms in total. The number of halogens is 1. The van der Waals surface area contributed by atoms with Crippen molar-refractivity contribution in [2.45, 2.75) is 32.6 Å². The lowest BCUT2D eigenvalue weighted by molar-refractivity contribution is 0.0919. The number of amides is 1. The summed E-state index contributed by atoms with van der Waals surface area (Å²) in [7, 11) is 1.56. The van der Waals surface area contributed by atoms with Crippen LogP contribution in [0.15, 0.2) is 59.0 Å². The van der Waals surface area contributed by atoms with E-state index in [2.05, 4.69) is 10.3 Å². The molecule has 7 rings (SSSR count). The van der Waals surface area contributed by atoms with E-state index in [9.17, 15) is 14.0 Å². The lowest BCUT2D eigenvalue weighted by Gasteiger charge is -2.23. The van der Waals surface area contributed by atoms with E-state index in [0.717, 1.165) is 28.3 Å². The van der Waals surface area contributed by atoms with Gasteiger partial charge < -0.3 is 9.73 Å². The summed E-state index contributed by atoms with van der Waals surface area (Å²) in [6.07, 6.45) is 4.42. The summed E-state index contributed by atoms with van der Waals surface area (Å²) in [5, 5.41) is 3.25. The van der Waals surface area contributed by atoms with Gasteiger partial charge in [-0.05, 0) is 84.9 Å². The van der Waals surface area contributed by atoms with Gasteiger partial charge in [0.1, 0.15) is 11.6 Å². The average Bonchev–Trinajstić information content (AvgIpc) is 3.55. The first-order valence-corrected chi connectivity index (χ1v) is 12.4. The number of nitrogens with zero attached hydrogens (tertiary/aromatic N) is 1. The molecule has 180 valence electrons. The lowest BCUT2D eigenvalue weighted by Crippen LogP contribution is -2.20. The van der Waals surface area contributed by atoms with E-state index in [1.165, 1.54) is 31.4 Å². The predicted molar refractivity (Wildman–Crippen MR) is 134 cm³/mol. The number of furan rings is 1. The van der Waals surface area contributed by atoms with E-state index in [4.69, 9.17) is 4.42 Å². The molecule has 4 aromatic rings.